The summed E-state index contributed by atoms with van der Waals surface area (Å²) in [7, 11) is 0. The summed E-state index contributed by atoms with van der Waals surface area (Å²) in [5.74, 6) is -0.509. The van der Waals surface area contributed by atoms with Crippen LogP contribution < -0.4 is 4.74 Å². The van der Waals surface area contributed by atoms with E-state index >= 15 is 0 Å². The molecule has 0 heterocycles. The van der Waals surface area contributed by atoms with Crippen LogP contribution in [0, 0.1) is 5.92 Å². The molecule has 0 saturated heterocycles. The van der Waals surface area contributed by atoms with Gasteiger partial charge >= 0.3 is 11.9 Å². The molecule has 1 aromatic carbocycles. The summed E-state index contributed by atoms with van der Waals surface area (Å²) in [6.45, 7) is 7.09. The molecule has 0 radical (unpaired) electrons. The van der Waals surface area contributed by atoms with Crippen molar-refractivity contribution in [1.29, 1.82) is 0 Å². The Kier molecular flexibility index (Phi) is 9.58. The number of hydrogen-bond acceptors (Lipinski definition) is 5. The minimum Gasteiger partial charge on any atom is -0.494 e. The maximum Gasteiger partial charge on any atom is 0.309 e. The number of benzene rings is 1. The molecule has 1 unspecified atom stereocenters. The van der Waals surface area contributed by atoms with Crippen LogP contribution in [0.1, 0.15) is 45.6 Å². The number of esters is 2. The molecule has 1 aromatic rings. The summed E-state index contributed by atoms with van der Waals surface area (Å²) in [5, 5.41) is 0. The van der Waals surface area contributed by atoms with E-state index in [1.165, 1.54) is 0 Å². The van der Waals surface area contributed by atoms with Crippen LogP contribution in [0.5, 0.6) is 5.75 Å². The number of ether oxygens (including phenoxy) is 3. The van der Waals surface area contributed by atoms with E-state index in [-0.39, 0.29) is 18.4 Å². The Morgan fingerprint density at radius 3 is 2.42 bits per heavy atom. The fourth-order valence-electron chi connectivity index (χ4n) is 2.25. The summed E-state index contributed by atoms with van der Waals surface area (Å²) in [6, 6.07) is 7.55. The van der Waals surface area contributed by atoms with Gasteiger partial charge in [0.15, 0.2) is 0 Å². The van der Waals surface area contributed by atoms with Gasteiger partial charge in [0, 0.05) is 0 Å². The van der Waals surface area contributed by atoms with Crippen LogP contribution in [-0.2, 0) is 25.5 Å². The molecule has 0 aliphatic heterocycles. The molecular formula is C19H28O5. The lowest BCUT2D eigenvalue weighted by Gasteiger charge is -2.16. The molecule has 5 heteroatoms. The van der Waals surface area contributed by atoms with Crippen LogP contribution in [0.3, 0.4) is 0 Å². The first kappa shape index (κ1) is 20.0. The lowest BCUT2D eigenvalue weighted by Crippen LogP contribution is -2.24. The molecule has 0 amide bonds. The average molecular weight is 336 g/mol. The zero-order valence-corrected chi connectivity index (χ0v) is 14.9. The van der Waals surface area contributed by atoms with Crippen molar-refractivity contribution in [2.24, 2.45) is 5.92 Å². The third-order valence-electron chi connectivity index (χ3n) is 3.35. The maximum atomic E-state index is 12.3. The third-order valence-corrected chi connectivity index (χ3v) is 3.35. The highest BCUT2D eigenvalue weighted by atomic mass is 16.5. The smallest absolute Gasteiger partial charge is 0.309 e. The van der Waals surface area contributed by atoms with E-state index < -0.39 is 5.92 Å². The molecule has 0 saturated carbocycles. The Bertz CT molecular complexity index is 512. The van der Waals surface area contributed by atoms with E-state index in [1.54, 1.807) is 0 Å². The fraction of sp³-hybridized carbons (Fsp3) is 0.579. The summed E-state index contributed by atoms with van der Waals surface area (Å²) < 4.78 is 15.8. The van der Waals surface area contributed by atoms with Gasteiger partial charge in [-0.1, -0.05) is 26.0 Å². The maximum absolute atomic E-state index is 12.3. The SMILES string of the molecule is CCCOC(=O)CC(Cc1cccc(OCC)c1)C(=O)OCCC. The second kappa shape index (κ2) is 11.5. The summed E-state index contributed by atoms with van der Waals surface area (Å²) in [5.41, 5.74) is 0.933. The second-order valence-electron chi connectivity index (χ2n) is 5.57. The van der Waals surface area contributed by atoms with Gasteiger partial charge in [-0.2, -0.15) is 0 Å². The van der Waals surface area contributed by atoms with E-state index in [0.717, 1.165) is 24.2 Å². The Morgan fingerprint density at radius 2 is 1.75 bits per heavy atom. The van der Waals surface area contributed by atoms with Crippen molar-refractivity contribution in [3.63, 3.8) is 0 Å². The fourth-order valence-corrected chi connectivity index (χ4v) is 2.25. The van der Waals surface area contributed by atoms with E-state index in [1.807, 2.05) is 45.0 Å². The van der Waals surface area contributed by atoms with Crippen LogP contribution in [0.15, 0.2) is 24.3 Å². The highest BCUT2D eigenvalue weighted by Gasteiger charge is 2.24. The largest absolute Gasteiger partial charge is 0.494 e. The molecule has 0 N–H and O–H groups in total. The van der Waals surface area contributed by atoms with Gasteiger partial charge < -0.3 is 14.2 Å². The van der Waals surface area contributed by atoms with E-state index in [4.69, 9.17) is 14.2 Å². The predicted molar refractivity (Wildman–Crippen MR) is 91.9 cm³/mol. The normalized spacial score (nSPS) is 11.6. The van der Waals surface area contributed by atoms with Crippen molar-refractivity contribution in [1.82, 2.24) is 0 Å². The van der Waals surface area contributed by atoms with Gasteiger partial charge in [0.05, 0.1) is 32.2 Å². The monoisotopic (exact) mass is 336 g/mol. The molecule has 0 aromatic heterocycles. The first-order valence-electron chi connectivity index (χ1n) is 8.64. The molecule has 0 aliphatic carbocycles. The lowest BCUT2D eigenvalue weighted by molar-refractivity contribution is -0.155. The number of hydrogen-bond donors (Lipinski definition) is 0. The zero-order chi connectivity index (χ0) is 17.8. The molecule has 134 valence electrons. The van der Waals surface area contributed by atoms with E-state index in [0.29, 0.717) is 26.2 Å². The topological polar surface area (TPSA) is 61.8 Å². The highest BCUT2D eigenvalue weighted by Crippen LogP contribution is 2.20. The Hall–Kier alpha value is -2.04. The van der Waals surface area contributed by atoms with E-state index in [2.05, 4.69) is 0 Å². The molecule has 1 rings (SSSR count). The minimum atomic E-state index is -0.544. The van der Waals surface area contributed by atoms with Gasteiger partial charge in [-0.05, 0) is 43.9 Å². The number of carbonyl (C=O) groups excluding carboxylic acids is 2. The number of rotatable bonds is 11. The molecule has 0 fully saturated rings. The quantitative estimate of drug-likeness (QED) is 0.578. The molecule has 5 nitrogen and oxygen atoms in total. The van der Waals surface area contributed by atoms with Crippen molar-refractivity contribution in [3.05, 3.63) is 29.8 Å². The summed E-state index contributed by atoms with van der Waals surface area (Å²) in [4.78, 5) is 24.2. The first-order chi connectivity index (χ1) is 11.6. The lowest BCUT2D eigenvalue weighted by atomic mass is 9.96. The Balaban J connectivity index is 2.77. The predicted octanol–water partition coefficient (Wildman–Crippen LogP) is 3.54. The van der Waals surface area contributed by atoms with Gasteiger partial charge in [-0.3, -0.25) is 9.59 Å². The van der Waals surface area contributed by atoms with Crippen LogP contribution in [0.25, 0.3) is 0 Å². The van der Waals surface area contributed by atoms with Gasteiger partial charge in [-0.25, -0.2) is 0 Å². The van der Waals surface area contributed by atoms with Crippen LogP contribution in [0.2, 0.25) is 0 Å². The molecule has 0 spiro atoms. The molecule has 24 heavy (non-hydrogen) atoms. The summed E-state index contributed by atoms with van der Waals surface area (Å²) in [6.07, 6.45) is 1.96. The Labute approximate surface area is 144 Å². The molecular weight excluding hydrogens is 308 g/mol. The van der Waals surface area contributed by atoms with Crippen molar-refractivity contribution >= 4 is 11.9 Å². The van der Waals surface area contributed by atoms with Crippen molar-refractivity contribution < 1.29 is 23.8 Å². The highest BCUT2D eigenvalue weighted by molar-refractivity contribution is 5.80. The minimum absolute atomic E-state index is 0.0292. The molecule has 1 atom stereocenters. The van der Waals surface area contributed by atoms with Gasteiger partial charge in [0.25, 0.3) is 0 Å². The van der Waals surface area contributed by atoms with Crippen molar-refractivity contribution in [2.45, 2.75) is 46.5 Å². The molecule has 0 bridgehead atoms. The van der Waals surface area contributed by atoms with Gasteiger partial charge in [0.1, 0.15) is 5.75 Å². The van der Waals surface area contributed by atoms with Crippen LogP contribution >= 0.6 is 0 Å². The van der Waals surface area contributed by atoms with Gasteiger partial charge in [0.2, 0.25) is 0 Å². The molecule has 0 aliphatic rings. The van der Waals surface area contributed by atoms with Crippen LogP contribution in [0.4, 0.5) is 0 Å². The number of carbonyl (C=O) groups is 2. The first-order valence-corrected chi connectivity index (χ1v) is 8.64. The van der Waals surface area contributed by atoms with Gasteiger partial charge in [-0.15, -0.1) is 0 Å². The van der Waals surface area contributed by atoms with Crippen molar-refractivity contribution in [3.8, 4) is 5.75 Å². The van der Waals surface area contributed by atoms with E-state index in [9.17, 15) is 9.59 Å². The average Bonchev–Trinajstić information content (AvgIpc) is 2.58. The van der Waals surface area contributed by atoms with Crippen molar-refractivity contribution in [2.75, 3.05) is 19.8 Å². The van der Waals surface area contributed by atoms with Crippen LogP contribution in [-0.4, -0.2) is 31.8 Å². The summed E-state index contributed by atoms with van der Waals surface area (Å²) >= 11 is 0. The second-order valence-corrected chi connectivity index (χ2v) is 5.57. The zero-order valence-electron chi connectivity index (χ0n) is 14.9. The third kappa shape index (κ3) is 7.49. The Morgan fingerprint density at radius 1 is 1.04 bits per heavy atom. The standard InChI is InChI=1S/C19H28O5/c1-4-10-23-18(20)14-16(19(21)24-11-5-2)12-15-8-7-9-17(13-15)22-6-3/h7-9,13,16H,4-6,10-12,14H2,1-3H3.